The van der Waals surface area contributed by atoms with E-state index in [1.54, 1.807) is 18.2 Å². The fourth-order valence-corrected chi connectivity index (χ4v) is 8.51. The molecule has 0 spiro atoms. The first-order valence-electron chi connectivity index (χ1n) is 17.8. The maximum Gasteiger partial charge on any atom is 0.298 e. The molecule has 4 heterocycles. The number of nitro groups is 1. The van der Waals surface area contributed by atoms with Crippen LogP contribution >= 0.6 is 11.8 Å². The molecule has 54 heavy (non-hydrogen) atoms. The Bertz CT molecular complexity index is 2060. The van der Waals surface area contributed by atoms with E-state index in [2.05, 4.69) is 15.5 Å². The van der Waals surface area contributed by atoms with Crippen molar-refractivity contribution in [3.63, 3.8) is 0 Å². The molecule has 3 aromatic rings. The van der Waals surface area contributed by atoms with Crippen molar-refractivity contribution in [3.05, 3.63) is 69.8 Å². The third-order valence-corrected chi connectivity index (χ3v) is 11.5. The van der Waals surface area contributed by atoms with Crippen LogP contribution in [0.1, 0.15) is 52.8 Å². The number of hydrogen-bond donors (Lipinski definition) is 2. The average molecular weight is 757 g/mol. The van der Waals surface area contributed by atoms with E-state index >= 15 is 0 Å². The van der Waals surface area contributed by atoms with Crippen LogP contribution in [0.3, 0.4) is 0 Å². The number of imide groups is 2. The molecule has 280 valence electrons. The molecule has 0 radical (unpaired) electrons. The molecule has 1 saturated carbocycles. The standard InChI is InChI=1S/C37H36N6O10S/c44-20-52-34-28(7-4-25-33(34)37(48)42(36(25)47)29-8-9-32(45)39-35(29)46)41-13-11-40(12-14-41)10-1-15-51-23-17-24(18-23)53-22-3-6-27-31(19-22)54-30-16-21(43(49)50)2-5-26(30)38-27/h2-7,16,19-20,23-24,29,38H,1,8-15,17-18H2,(H,39,45,46). The number of piperidine rings is 1. The first kappa shape index (κ1) is 35.5. The monoisotopic (exact) mass is 756 g/mol. The first-order chi connectivity index (χ1) is 26.2. The lowest BCUT2D eigenvalue weighted by Crippen LogP contribution is -2.54. The van der Waals surface area contributed by atoms with E-state index in [0.717, 1.165) is 70.7 Å². The summed E-state index contributed by atoms with van der Waals surface area (Å²) in [6, 6.07) is 12.7. The minimum atomic E-state index is -1.12. The van der Waals surface area contributed by atoms with Crippen LogP contribution in [0.25, 0.3) is 0 Å². The summed E-state index contributed by atoms with van der Waals surface area (Å²) in [4.78, 5) is 80.2. The Labute approximate surface area is 313 Å². The molecule has 3 fully saturated rings. The van der Waals surface area contributed by atoms with E-state index in [1.807, 2.05) is 23.1 Å². The highest BCUT2D eigenvalue weighted by molar-refractivity contribution is 7.99. The summed E-state index contributed by atoms with van der Waals surface area (Å²) in [7, 11) is 0. The third-order valence-electron chi connectivity index (χ3n) is 10.4. The molecule has 1 unspecified atom stereocenters. The number of nitrogens with zero attached hydrogens (tertiary/aromatic N) is 4. The number of non-ortho nitro benzene ring substituents is 1. The van der Waals surface area contributed by atoms with Gasteiger partial charge in [-0.2, -0.15) is 0 Å². The number of piperazine rings is 1. The van der Waals surface area contributed by atoms with Crippen LogP contribution in [0.15, 0.2) is 58.3 Å². The van der Waals surface area contributed by atoms with Gasteiger partial charge in [-0.1, -0.05) is 11.8 Å². The first-order valence-corrected chi connectivity index (χ1v) is 18.6. The van der Waals surface area contributed by atoms with Gasteiger partial charge in [-0.05, 0) is 49.2 Å². The molecule has 16 nitrogen and oxygen atoms in total. The maximum absolute atomic E-state index is 13.5. The minimum Gasteiger partial charge on any atom is -0.490 e. The SMILES string of the molecule is O=COc1c(N2CCN(CCCOC3CC(Oc4ccc5c(c4)Sc4cc([N+](=O)[O-])ccc4N5)C3)CC2)ccc2c1C(=O)N(C1CCC(=O)NC1=O)C2=O. The molecule has 5 aliphatic rings. The summed E-state index contributed by atoms with van der Waals surface area (Å²) in [6.07, 6.45) is 2.65. The topological polar surface area (TPSA) is 190 Å². The zero-order valence-electron chi connectivity index (χ0n) is 29.0. The molecule has 3 aromatic carbocycles. The molecule has 4 amide bonds. The van der Waals surface area contributed by atoms with Gasteiger partial charge < -0.3 is 24.4 Å². The number of nitrogens with one attached hydrogen (secondary N) is 2. The number of carbonyl (C=O) groups excluding carboxylic acids is 5. The van der Waals surface area contributed by atoms with Gasteiger partial charge in [0.2, 0.25) is 11.8 Å². The van der Waals surface area contributed by atoms with Crippen molar-refractivity contribution in [3.8, 4) is 11.5 Å². The molecule has 1 aliphatic carbocycles. The number of anilines is 3. The molecule has 0 bridgehead atoms. The molecular weight excluding hydrogens is 721 g/mol. The highest BCUT2D eigenvalue weighted by Gasteiger charge is 2.47. The molecular formula is C37H36N6O10S. The average Bonchev–Trinajstić information content (AvgIpc) is 3.40. The van der Waals surface area contributed by atoms with Crippen molar-refractivity contribution in [2.45, 2.75) is 60.1 Å². The Hall–Kier alpha value is -5.52. The van der Waals surface area contributed by atoms with E-state index in [1.165, 1.54) is 23.9 Å². The lowest BCUT2D eigenvalue weighted by atomic mass is 9.92. The van der Waals surface area contributed by atoms with Crippen molar-refractivity contribution in [2.24, 2.45) is 0 Å². The summed E-state index contributed by atoms with van der Waals surface area (Å²) in [5, 5.41) is 16.7. The Kier molecular flexibility index (Phi) is 9.68. The van der Waals surface area contributed by atoms with Gasteiger partial charge >= 0.3 is 0 Å². The molecule has 1 atom stereocenters. The predicted molar refractivity (Wildman–Crippen MR) is 193 cm³/mol. The second-order valence-corrected chi connectivity index (χ2v) is 14.8. The smallest absolute Gasteiger partial charge is 0.298 e. The second kappa shape index (κ2) is 14.7. The number of hydrogen-bond acceptors (Lipinski definition) is 14. The van der Waals surface area contributed by atoms with Crippen molar-refractivity contribution in [1.82, 2.24) is 15.1 Å². The number of rotatable bonds is 12. The highest BCUT2D eigenvalue weighted by Crippen LogP contribution is 2.47. The van der Waals surface area contributed by atoms with E-state index in [9.17, 15) is 34.1 Å². The Morgan fingerprint density at radius 1 is 0.907 bits per heavy atom. The van der Waals surface area contributed by atoms with Crippen molar-refractivity contribution >= 4 is 64.6 Å². The van der Waals surface area contributed by atoms with Gasteiger partial charge in [0.15, 0.2) is 5.75 Å². The van der Waals surface area contributed by atoms with E-state index in [-0.39, 0.29) is 54.1 Å². The zero-order valence-corrected chi connectivity index (χ0v) is 29.8. The molecule has 17 heteroatoms. The van der Waals surface area contributed by atoms with E-state index in [0.29, 0.717) is 25.4 Å². The Balaban J connectivity index is 0.781. The number of nitro benzene ring substituents is 1. The number of ether oxygens (including phenoxy) is 3. The van der Waals surface area contributed by atoms with Gasteiger partial charge in [-0.15, -0.1) is 0 Å². The summed E-state index contributed by atoms with van der Waals surface area (Å²) < 4.78 is 17.6. The lowest BCUT2D eigenvalue weighted by Gasteiger charge is -2.37. The molecule has 2 N–H and O–H groups in total. The van der Waals surface area contributed by atoms with Crippen molar-refractivity contribution < 1.29 is 43.1 Å². The number of benzene rings is 3. The van der Waals surface area contributed by atoms with Gasteiger partial charge in [0.1, 0.15) is 17.9 Å². The molecule has 0 aromatic heterocycles. The van der Waals surface area contributed by atoms with Crippen LogP contribution < -0.4 is 25.0 Å². The number of carbonyl (C=O) groups is 5. The van der Waals surface area contributed by atoms with Crippen LogP contribution in [-0.4, -0.2) is 102 Å². The Morgan fingerprint density at radius 3 is 2.41 bits per heavy atom. The number of fused-ring (bicyclic) bond motifs is 3. The lowest BCUT2D eigenvalue weighted by molar-refractivity contribution is -0.385. The highest BCUT2D eigenvalue weighted by atomic mass is 32.2. The summed E-state index contributed by atoms with van der Waals surface area (Å²) in [5.41, 5.74) is 2.32. The van der Waals surface area contributed by atoms with Crippen LogP contribution in [0.4, 0.5) is 22.7 Å². The maximum atomic E-state index is 13.5. The second-order valence-electron chi connectivity index (χ2n) is 13.7. The zero-order chi connectivity index (χ0) is 37.5. The van der Waals surface area contributed by atoms with Gasteiger partial charge in [-0.25, -0.2) is 0 Å². The van der Waals surface area contributed by atoms with Gasteiger partial charge in [0.05, 0.1) is 39.2 Å². The minimum absolute atomic E-state index is 0.00426. The summed E-state index contributed by atoms with van der Waals surface area (Å²) in [5.74, 6) is -1.83. The van der Waals surface area contributed by atoms with Crippen molar-refractivity contribution in [1.29, 1.82) is 0 Å². The molecule has 8 rings (SSSR count). The third kappa shape index (κ3) is 6.85. The fourth-order valence-electron chi connectivity index (χ4n) is 7.46. The van der Waals surface area contributed by atoms with Gasteiger partial charge in [-0.3, -0.25) is 49.2 Å². The quantitative estimate of drug-likeness (QED) is 0.0697. The van der Waals surface area contributed by atoms with Gasteiger partial charge in [0.25, 0.3) is 24.0 Å². The normalized spacial score (nSPS) is 22.0. The van der Waals surface area contributed by atoms with Crippen LogP contribution in [0.2, 0.25) is 0 Å². The van der Waals surface area contributed by atoms with Crippen LogP contribution in [0, 0.1) is 10.1 Å². The summed E-state index contributed by atoms with van der Waals surface area (Å²) in [6.45, 7) is 4.32. The van der Waals surface area contributed by atoms with Crippen molar-refractivity contribution in [2.75, 3.05) is 49.5 Å². The van der Waals surface area contributed by atoms with Crippen LogP contribution in [-0.2, 0) is 19.1 Å². The Morgan fingerprint density at radius 2 is 1.67 bits per heavy atom. The predicted octanol–water partition coefficient (Wildman–Crippen LogP) is 3.88. The molecule has 2 saturated heterocycles. The summed E-state index contributed by atoms with van der Waals surface area (Å²) >= 11 is 1.48. The van der Waals surface area contributed by atoms with Gasteiger partial charge in [0, 0.05) is 80.5 Å². The largest absolute Gasteiger partial charge is 0.490 e. The van der Waals surface area contributed by atoms with E-state index < -0.39 is 34.6 Å². The number of amides is 4. The fraction of sp³-hybridized carbons (Fsp3) is 0.378. The van der Waals surface area contributed by atoms with E-state index in [4.69, 9.17) is 14.2 Å². The van der Waals surface area contributed by atoms with Crippen LogP contribution in [0.5, 0.6) is 11.5 Å². The molecule has 4 aliphatic heterocycles.